The standard InChI is InChI=1S/C20H21FN2O2/c1-13(2)14-3-7-16(8-4-14)22-18(24)20(11-12-20)19(25)23-17-9-5-15(21)6-10-17/h3-10,13H,11-12H2,1-2H3,(H,22,24)(H,23,25). The van der Waals surface area contributed by atoms with Gasteiger partial charge in [0.2, 0.25) is 11.8 Å². The van der Waals surface area contributed by atoms with Crippen LogP contribution in [0.2, 0.25) is 0 Å². The molecule has 1 aliphatic rings. The van der Waals surface area contributed by atoms with Gasteiger partial charge in [0.05, 0.1) is 0 Å². The average Bonchev–Trinajstić information content (AvgIpc) is 3.39. The quantitative estimate of drug-likeness (QED) is 0.797. The zero-order chi connectivity index (χ0) is 18.0. The normalized spacial score (nSPS) is 14.9. The zero-order valence-corrected chi connectivity index (χ0v) is 14.3. The number of anilines is 2. The molecule has 2 amide bonds. The molecule has 0 bridgehead atoms. The topological polar surface area (TPSA) is 58.2 Å². The molecular weight excluding hydrogens is 319 g/mol. The maximum Gasteiger partial charge on any atom is 0.240 e. The predicted octanol–water partition coefficient (Wildman–Crippen LogP) is 4.31. The molecule has 0 atom stereocenters. The summed E-state index contributed by atoms with van der Waals surface area (Å²) in [4.78, 5) is 25.1. The maximum absolute atomic E-state index is 12.9. The highest BCUT2D eigenvalue weighted by Gasteiger charge is 2.56. The lowest BCUT2D eigenvalue weighted by Crippen LogP contribution is -2.35. The summed E-state index contributed by atoms with van der Waals surface area (Å²) in [6.45, 7) is 4.21. The molecule has 0 spiro atoms. The van der Waals surface area contributed by atoms with Crippen LogP contribution in [0.3, 0.4) is 0 Å². The van der Waals surface area contributed by atoms with Gasteiger partial charge in [-0.3, -0.25) is 9.59 Å². The molecule has 0 aliphatic heterocycles. The van der Waals surface area contributed by atoms with Crippen molar-refractivity contribution < 1.29 is 14.0 Å². The number of hydrogen-bond acceptors (Lipinski definition) is 2. The maximum atomic E-state index is 12.9. The molecule has 25 heavy (non-hydrogen) atoms. The number of amides is 2. The molecule has 1 saturated carbocycles. The second-order valence-electron chi connectivity index (χ2n) is 6.77. The Kier molecular flexibility index (Phi) is 4.57. The lowest BCUT2D eigenvalue weighted by Gasteiger charge is -2.16. The predicted molar refractivity (Wildman–Crippen MR) is 95.9 cm³/mol. The highest BCUT2D eigenvalue weighted by Crippen LogP contribution is 2.47. The van der Waals surface area contributed by atoms with Crippen LogP contribution in [0.1, 0.15) is 38.2 Å². The summed E-state index contributed by atoms with van der Waals surface area (Å²) in [6, 6.07) is 13.1. The van der Waals surface area contributed by atoms with E-state index in [1.807, 2.05) is 24.3 Å². The largest absolute Gasteiger partial charge is 0.325 e. The highest BCUT2D eigenvalue weighted by atomic mass is 19.1. The van der Waals surface area contributed by atoms with Crippen LogP contribution >= 0.6 is 0 Å². The summed E-state index contributed by atoms with van der Waals surface area (Å²) in [6.07, 6.45) is 1.02. The van der Waals surface area contributed by atoms with Gasteiger partial charge < -0.3 is 10.6 Å². The Bertz CT molecular complexity index is 778. The minimum absolute atomic E-state index is 0.301. The Balaban J connectivity index is 1.66. The van der Waals surface area contributed by atoms with Gasteiger partial charge in [-0.1, -0.05) is 26.0 Å². The van der Waals surface area contributed by atoms with E-state index in [0.29, 0.717) is 30.1 Å². The fourth-order valence-electron chi connectivity index (χ4n) is 2.67. The van der Waals surface area contributed by atoms with E-state index in [4.69, 9.17) is 0 Å². The van der Waals surface area contributed by atoms with Crippen LogP contribution in [-0.2, 0) is 9.59 Å². The van der Waals surface area contributed by atoms with Crippen molar-refractivity contribution in [3.8, 4) is 0 Å². The first-order valence-corrected chi connectivity index (χ1v) is 8.39. The summed E-state index contributed by atoms with van der Waals surface area (Å²) < 4.78 is 12.9. The third-order valence-electron chi connectivity index (χ3n) is 4.56. The number of nitrogens with one attached hydrogen (secondary N) is 2. The summed E-state index contributed by atoms with van der Waals surface area (Å²) in [7, 11) is 0. The van der Waals surface area contributed by atoms with Gasteiger partial charge in [0.1, 0.15) is 11.2 Å². The SMILES string of the molecule is CC(C)c1ccc(NC(=O)C2(C(=O)Nc3ccc(F)cc3)CC2)cc1. The van der Waals surface area contributed by atoms with Crippen molar-refractivity contribution in [3.63, 3.8) is 0 Å². The first-order valence-electron chi connectivity index (χ1n) is 8.39. The van der Waals surface area contributed by atoms with Crippen molar-refractivity contribution >= 4 is 23.2 Å². The number of benzene rings is 2. The summed E-state index contributed by atoms with van der Waals surface area (Å²) in [5, 5.41) is 5.52. The molecule has 2 N–H and O–H groups in total. The molecule has 4 nitrogen and oxygen atoms in total. The molecule has 0 aromatic heterocycles. The average molecular weight is 340 g/mol. The molecule has 0 unspecified atom stereocenters. The number of carbonyl (C=O) groups excluding carboxylic acids is 2. The Labute approximate surface area is 146 Å². The van der Waals surface area contributed by atoms with Gasteiger partial charge in [-0.2, -0.15) is 0 Å². The van der Waals surface area contributed by atoms with Crippen molar-refractivity contribution in [2.24, 2.45) is 5.41 Å². The molecule has 0 radical (unpaired) electrons. The molecule has 2 aromatic rings. The highest BCUT2D eigenvalue weighted by molar-refractivity contribution is 6.16. The van der Waals surface area contributed by atoms with Gasteiger partial charge in [0.25, 0.3) is 0 Å². The van der Waals surface area contributed by atoms with Crippen molar-refractivity contribution in [1.29, 1.82) is 0 Å². The lowest BCUT2D eigenvalue weighted by atomic mass is 10.0. The van der Waals surface area contributed by atoms with E-state index in [-0.39, 0.29) is 17.6 Å². The first kappa shape index (κ1) is 17.1. The number of hydrogen-bond donors (Lipinski definition) is 2. The van der Waals surface area contributed by atoms with Crippen LogP contribution in [0.25, 0.3) is 0 Å². The van der Waals surface area contributed by atoms with E-state index < -0.39 is 5.41 Å². The van der Waals surface area contributed by atoms with Crippen molar-refractivity contribution in [2.45, 2.75) is 32.6 Å². The first-order chi connectivity index (χ1) is 11.9. The third-order valence-corrected chi connectivity index (χ3v) is 4.56. The van der Waals surface area contributed by atoms with Gasteiger partial charge in [-0.25, -0.2) is 4.39 Å². The van der Waals surface area contributed by atoms with E-state index in [9.17, 15) is 14.0 Å². The van der Waals surface area contributed by atoms with Crippen LogP contribution in [0, 0.1) is 11.2 Å². The van der Waals surface area contributed by atoms with Crippen molar-refractivity contribution in [3.05, 3.63) is 59.9 Å². The van der Waals surface area contributed by atoms with Gasteiger partial charge >= 0.3 is 0 Å². The zero-order valence-electron chi connectivity index (χ0n) is 14.3. The van der Waals surface area contributed by atoms with Crippen molar-refractivity contribution in [2.75, 3.05) is 10.6 Å². The van der Waals surface area contributed by atoms with E-state index in [2.05, 4.69) is 24.5 Å². The van der Waals surface area contributed by atoms with E-state index in [1.54, 1.807) is 0 Å². The molecule has 3 rings (SSSR count). The van der Waals surface area contributed by atoms with Crippen LogP contribution in [0.15, 0.2) is 48.5 Å². The summed E-state index contributed by atoms with van der Waals surface area (Å²) in [5.41, 5.74) is 1.31. The van der Waals surface area contributed by atoms with Crippen LogP contribution in [-0.4, -0.2) is 11.8 Å². The second-order valence-corrected chi connectivity index (χ2v) is 6.77. The molecule has 130 valence electrons. The molecule has 0 heterocycles. The van der Waals surface area contributed by atoms with Gasteiger partial charge in [-0.15, -0.1) is 0 Å². The van der Waals surface area contributed by atoms with E-state index >= 15 is 0 Å². The van der Waals surface area contributed by atoms with Gasteiger partial charge in [0.15, 0.2) is 0 Å². The van der Waals surface area contributed by atoms with Gasteiger partial charge in [0, 0.05) is 11.4 Å². The molecule has 0 saturated heterocycles. The van der Waals surface area contributed by atoms with Crippen LogP contribution < -0.4 is 10.6 Å². The Morgan fingerprint density at radius 1 is 0.880 bits per heavy atom. The molecule has 1 fully saturated rings. The van der Waals surface area contributed by atoms with Crippen LogP contribution in [0.4, 0.5) is 15.8 Å². The molecule has 1 aliphatic carbocycles. The lowest BCUT2D eigenvalue weighted by molar-refractivity contribution is -0.131. The van der Waals surface area contributed by atoms with Crippen LogP contribution in [0.5, 0.6) is 0 Å². The fraction of sp³-hybridized carbons (Fsp3) is 0.300. The number of halogens is 1. The minimum Gasteiger partial charge on any atom is -0.325 e. The van der Waals surface area contributed by atoms with E-state index in [1.165, 1.54) is 29.8 Å². The molecular formula is C20H21FN2O2. The number of rotatable bonds is 5. The Morgan fingerprint density at radius 2 is 1.32 bits per heavy atom. The number of carbonyl (C=O) groups is 2. The van der Waals surface area contributed by atoms with Gasteiger partial charge in [-0.05, 0) is 60.7 Å². The summed E-state index contributed by atoms with van der Waals surface area (Å²) in [5.74, 6) is -0.609. The van der Waals surface area contributed by atoms with Crippen molar-refractivity contribution in [1.82, 2.24) is 0 Å². The van der Waals surface area contributed by atoms with E-state index in [0.717, 1.165) is 0 Å². The molecule has 5 heteroatoms. The fourth-order valence-corrected chi connectivity index (χ4v) is 2.67. The second kappa shape index (κ2) is 6.67. The smallest absolute Gasteiger partial charge is 0.240 e. The Morgan fingerprint density at radius 3 is 1.72 bits per heavy atom. The Hall–Kier alpha value is -2.69. The minimum atomic E-state index is -1.04. The molecule has 2 aromatic carbocycles. The summed E-state index contributed by atoms with van der Waals surface area (Å²) >= 11 is 0. The monoisotopic (exact) mass is 340 g/mol. The third kappa shape index (κ3) is 3.71.